The van der Waals surface area contributed by atoms with Crippen LogP contribution in [0, 0.1) is 0 Å². The van der Waals surface area contributed by atoms with Crippen LogP contribution in [0.25, 0.3) is 0 Å². The van der Waals surface area contributed by atoms with Gasteiger partial charge in [-0.15, -0.1) is 12.4 Å². The van der Waals surface area contributed by atoms with Crippen LogP contribution in [0.3, 0.4) is 0 Å². The average Bonchev–Trinajstić information content (AvgIpc) is 2.85. The van der Waals surface area contributed by atoms with E-state index in [1.165, 1.54) is 0 Å². The number of carboxylic acids is 1. The second-order valence-electron chi connectivity index (χ2n) is 4.82. The summed E-state index contributed by atoms with van der Waals surface area (Å²) in [4.78, 5) is 24.2. The number of amides is 1. The zero-order chi connectivity index (χ0) is 14.5. The van der Waals surface area contributed by atoms with Gasteiger partial charge in [-0.1, -0.05) is 29.8 Å². The van der Waals surface area contributed by atoms with Crippen molar-refractivity contribution in [2.75, 3.05) is 19.6 Å². The molecule has 5 nitrogen and oxygen atoms in total. The van der Waals surface area contributed by atoms with Gasteiger partial charge in [0.15, 0.2) is 0 Å². The van der Waals surface area contributed by atoms with Gasteiger partial charge in [0.1, 0.15) is 6.54 Å². The molecule has 1 fully saturated rings. The topological polar surface area (TPSA) is 69.6 Å². The quantitative estimate of drug-likeness (QED) is 0.866. The van der Waals surface area contributed by atoms with Crippen molar-refractivity contribution < 1.29 is 14.7 Å². The van der Waals surface area contributed by atoms with Gasteiger partial charge in [-0.2, -0.15) is 0 Å². The summed E-state index contributed by atoms with van der Waals surface area (Å²) in [5.41, 5.74) is 1.03. The van der Waals surface area contributed by atoms with Crippen molar-refractivity contribution in [2.45, 2.75) is 18.9 Å². The molecule has 0 aliphatic carbocycles. The van der Waals surface area contributed by atoms with Crippen LogP contribution < -0.4 is 5.32 Å². The summed E-state index contributed by atoms with van der Waals surface area (Å²) in [6, 6.07) is 7.75. The van der Waals surface area contributed by atoms with Gasteiger partial charge in [-0.25, -0.2) is 0 Å². The number of benzene rings is 1. The van der Waals surface area contributed by atoms with Gasteiger partial charge in [0.05, 0.1) is 6.54 Å². The molecule has 2 rings (SSSR count). The summed E-state index contributed by atoms with van der Waals surface area (Å²) in [5, 5.41) is 11.6. The van der Waals surface area contributed by atoms with E-state index < -0.39 is 5.97 Å². The molecule has 0 bridgehead atoms. The highest BCUT2D eigenvalue weighted by Gasteiger charge is 2.28. The minimum absolute atomic E-state index is 0. The first-order valence-corrected chi connectivity index (χ1v) is 6.92. The van der Waals surface area contributed by atoms with Crippen LogP contribution in [0.15, 0.2) is 24.3 Å². The Morgan fingerprint density at radius 1 is 1.38 bits per heavy atom. The third-order valence-electron chi connectivity index (χ3n) is 3.41. The van der Waals surface area contributed by atoms with Crippen molar-refractivity contribution >= 4 is 35.9 Å². The number of halogens is 2. The van der Waals surface area contributed by atoms with E-state index in [-0.39, 0.29) is 37.4 Å². The fourth-order valence-corrected chi connectivity index (χ4v) is 2.79. The lowest BCUT2D eigenvalue weighted by Gasteiger charge is -2.24. The number of rotatable bonds is 5. The molecule has 1 amide bonds. The molecule has 116 valence electrons. The number of carboxylic acid groups (broad SMARTS) is 1. The van der Waals surface area contributed by atoms with Crippen molar-refractivity contribution in [3.8, 4) is 0 Å². The fraction of sp³-hybridized carbons (Fsp3) is 0.429. The second-order valence-corrected chi connectivity index (χ2v) is 5.23. The summed E-state index contributed by atoms with van der Waals surface area (Å²) in [7, 11) is 0. The third kappa shape index (κ3) is 4.88. The van der Waals surface area contributed by atoms with Crippen LogP contribution in [0.2, 0.25) is 5.02 Å². The number of aliphatic carboxylic acids is 1. The standard InChI is InChI=1S/C14H17ClN2O3.ClH/c15-11-5-2-1-4-10(11)12-6-3-7-17(12)9-13(18)16-8-14(19)20;/h1-2,4-5,12H,3,6-9H2,(H,16,18)(H,19,20);1H. The van der Waals surface area contributed by atoms with E-state index in [1.807, 2.05) is 29.2 Å². The lowest BCUT2D eigenvalue weighted by atomic mass is 10.0. The van der Waals surface area contributed by atoms with E-state index in [0.717, 1.165) is 24.9 Å². The molecule has 1 aromatic rings. The van der Waals surface area contributed by atoms with Crippen molar-refractivity contribution in [3.05, 3.63) is 34.9 Å². The monoisotopic (exact) mass is 332 g/mol. The Labute approximate surface area is 134 Å². The number of nitrogens with one attached hydrogen (secondary N) is 1. The molecule has 2 N–H and O–H groups in total. The predicted octanol–water partition coefficient (Wildman–Crippen LogP) is 2.10. The number of carbonyl (C=O) groups excluding carboxylic acids is 1. The Bertz CT molecular complexity index is 511. The van der Waals surface area contributed by atoms with Gasteiger partial charge < -0.3 is 10.4 Å². The number of hydrogen-bond donors (Lipinski definition) is 2. The van der Waals surface area contributed by atoms with Crippen molar-refractivity contribution in [2.24, 2.45) is 0 Å². The van der Waals surface area contributed by atoms with Crippen molar-refractivity contribution in [1.82, 2.24) is 10.2 Å². The molecule has 1 aliphatic rings. The Balaban J connectivity index is 0.00000220. The highest BCUT2D eigenvalue weighted by Crippen LogP contribution is 2.35. The van der Waals surface area contributed by atoms with E-state index in [9.17, 15) is 9.59 Å². The van der Waals surface area contributed by atoms with Crippen LogP contribution in [0.5, 0.6) is 0 Å². The number of nitrogens with zero attached hydrogens (tertiary/aromatic N) is 1. The van der Waals surface area contributed by atoms with Crippen LogP contribution >= 0.6 is 24.0 Å². The maximum atomic E-state index is 11.7. The first-order chi connectivity index (χ1) is 9.58. The average molecular weight is 333 g/mol. The Hall–Kier alpha value is -1.30. The highest BCUT2D eigenvalue weighted by molar-refractivity contribution is 6.31. The largest absolute Gasteiger partial charge is 0.480 e. The molecule has 0 aromatic heterocycles. The van der Waals surface area contributed by atoms with E-state index in [4.69, 9.17) is 16.7 Å². The second kappa shape index (κ2) is 8.22. The summed E-state index contributed by atoms with van der Waals surface area (Å²) in [6.45, 7) is 0.670. The molecule has 1 atom stereocenters. The van der Waals surface area contributed by atoms with Crippen molar-refractivity contribution in [1.29, 1.82) is 0 Å². The normalized spacial score (nSPS) is 18.0. The molecular weight excluding hydrogens is 315 g/mol. The van der Waals surface area contributed by atoms with E-state index >= 15 is 0 Å². The van der Waals surface area contributed by atoms with Gasteiger partial charge >= 0.3 is 5.97 Å². The summed E-state index contributed by atoms with van der Waals surface area (Å²) in [6.07, 6.45) is 1.96. The molecule has 1 heterocycles. The number of hydrogen-bond acceptors (Lipinski definition) is 3. The summed E-state index contributed by atoms with van der Waals surface area (Å²) < 4.78 is 0. The fourth-order valence-electron chi connectivity index (χ4n) is 2.53. The van der Waals surface area contributed by atoms with Crippen LogP contribution in [-0.4, -0.2) is 41.5 Å². The molecule has 1 aromatic carbocycles. The Morgan fingerprint density at radius 3 is 2.76 bits per heavy atom. The van der Waals surface area contributed by atoms with Gasteiger partial charge in [0.2, 0.25) is 5.91 Å². The molecule has 21 heavy (non-hydrogen) atoms. The van der Waals surface area contributed by atoms with E-state index in [0.29, 0.717) is 5.02 Å². The molecule has 7 heteroatoms. The SMILES string of the molecule is Cl.O=C(O)CNC(=O)CN1CCCC1c1ccccc1Cl. The zero-order valence-corrected chi connectivity index (χ0v) is 13.0. The highest BCUT2D eigenvalue weighted by atomic mass is 35.5. The third-order valence-corrected chi connectivity index (χ3v) is 3.76. The zero-order valence-electron chi connectivity index (χ0n) is 11.4. The van der Waals surface area contributed by atoms with Crippen molar-refractivity contribution in [3.63, 3.8) is 0 Å². The number of carbonyl (C=O) groups is 2. The van der Waals surface area contributed by atoms with Crippen LogP contribution in [0.4, 0.5) is 0 Å². The maximum Gasteiger partial charge on any atom is 0.322 e. The molecule has 1 unspecified atom stereocenters. The van der Waals surface area contributed by atoms with Gasteiger partial charge in [0.25, 0.3) is 0 Å². The molecule has 1 saturated heterocycles. The minimum Gasteiger partial charge on any atom is -0.480 e. The first-order valence-electron chi connectivity index (χ1n) is 6.55. The summed E-state index contributed by atoms with van der Waals surface area (Å²) in [5.74, 6) is -1.31. The van der Waals surface area contributed by atoms with E-state index in [1.54, 1.807) is 0 Å². The Morgan fingerprint density at radius 2 is 2.10 bits per heavy atom. The van der Waals surface area contributed by atoms with Gasteiger partial charge in [-0.05, 0) is 31.0 Å². The molecule has 0 spiro atoms. The van der Waals surface area contributed by atoms with Crippen LogP contribution in [-0.2, 0) is 9.59 Å². The smallest absolute Gasteiger partial charge is 0.322 e. The Kier molecular flexibility index (Phi) is 6.95. The predicted molar refractivity (Wildman–Crippen MR) is 82.9 cm³/mol. The van der Waals surface area contributed by atoms with Gasteiger partial charge in [0, 0.05) is 11.1 Å². The lowest BCUT2D eigenvalue weighted by Crippen LogP contribution is -2.39. The first kappa shape index (κ1) is 17.8. The number of likely N-dealkylation sites (tertiary alicyclic amines) is 1. The molecule has 1 aliphatic heterocycles. The molecular formula is C14H18Cl2N2O3. The molecule has 0 radical (unpaired) electrons. The molecule has 0 saturated carbocycles. The lowest BCUT2D eigenvalue weighted by molar-refractivity contribution is -0.138. The van der Waals surface area contributed by atoms with Crippen LogP contribution in [0.1, 0.15) is 24.4 Å². The maximum absolute atomic E-state index is 11.7. The van der Waals surface area contributed by atoms with E-state index in [2.05, 4.69) is 5.32 Å². The summed E-state index contributed by atoms with van der Waals surface area (Å²) >= 11 is 6.20. The minimum atomic E-state index is -1.04. The van der Waals surface area contributed by atoms with Gasteiger partial charge in [-0.3, -0.25) is 14.5 Å².